The molecule has 1 aromatic heterocycles. The van der Waals surface area contributed by atoms with Gasteiger partial charge in [-0.1, -0.05) is 0 Å². The van der Waals surface area contributed by atoms with E-state index in [1.807, 2.05) is 16.9 Å². The van der Waals surface area contributed by atoms with E-state index in [2.05, 4.69) is 22.7 Å². The van der Waals surface area contributed by atoms with Crippen LogP contribution in [0.5, 0.6) is 0 Å². The van der Waals surface area contributed by atoms with Crippen LogP contribution >= 0.6 is 12.4 Å². The van der Waals surface area contributed by atoms with Crippen molar-refractivity contribution in [2.75, 3.05) is 26.3 Å². The summed E-state index contributed by atoms with van der Waals surface area (Å²) < 4.78 is 7.26. The predicted molar refractivity (Wildman–Crippen MR) is 90.7 cm³/mol. The number of rotatable bonds is 4. The molecule has 7 heteroatoms. The van der Waals surface area contributed by atoms with Crippen molar-refractivity contribution < 1.29 is 9.53 Å². The summed E-state index contributed by atoms with van der Waals surface area (Å²) in [6.07, 6.45) is 7.26. The van der Waals surface area contributed by atoms with E-state index < -0.39 is 5.54 Å². The lowest BCUT2D eigenvalue weighted by atomic mass is 9.86. The molecule has 130 valence electrons. The molecule has 0 radical (unpaired) electrons. The maximum Gasteiger partial charge on any atom is 0.248 e. The fourth-order valence-electron chi connectivity index (χ4n) is 3.60. The summed E-state index contributed by atoms with van der Waals surface area (Å²) in [4.78, 5) is 13.0. The maximum atomic E-state index is 13.0. The number of hydrogen-bond donors (Lipinski definition) is 2. The number of piperidine rings is 1. The minimum Gasteiger partial charge on any atom is -0.381 e. The van der Waals surface area contributed by atoms with Crippen LogP contribution in [0.15, 0.2) is 18.5 Å². The molecule has 3 rings (SSSR count). The molecule has 1 aromatic rings. The molecule has 2 N–H and O–H groups in total. The number of hydrogen-bond acceptors (Lipinski definition) is 4. The second kappa shape index (κ2) is 8.13. The maximum absolute atomic E-state index is 13.0. The molecule has 6 nitrogen and oxygen atoms in total. The van der Waals surface area contributed by atoms with Gasteiger partial charge in [-0.15, -0.1) is 12.4 Å². The van der Waals surface area contributed by atoms with Crippen LogP contribution in [0.25, 0.3) is 0 Å². The molecule has 2 fully saturated rings. The fraction of sp³-hybridized carbons (Fsp3) is 0.750. The zero-order chi connectivity index (χ0) is 15.4. The minimum atomic E-state index is -0.547. The van der Waals surface area contributed by atoms with Gasteiger partial charge in [-0.05, 0) is 57.7 Å². The monoisotopic (exact) mass is 342 g/mol. The molecule has 2 saturated heterocycles. The Morgan fingerprint density at radius 3 is 2.70 bits per heavy atom. The van der Waals surface area contributed by atoms with Gasteiger partial charge in [0.05, 0.1) is 0 Å². The molecule has 0 bridgehead atoms. The van der Waals surface area contributed by atoms with Crippen LogP contribution in [0.4, 0.5) is 0 Å². The van der Waals surface area contributed by atoms with E-state index in [4.69, 9.17) is 4.74 Å². The largest absolute Gasteiger partial charge is 0.381 e. The number of carbonyl (C=O) groups is 1. The normalized spacial score (nSPS) is 22.8. The summed E-state index contributed by atoms with van der Waals surface area (Å²) in [6.45, 7) is 5.42. The predicted octanol–water partition coefficient (Wildman–Crippen LogP) is 1.31. The number of halogens is 1. The molecule has 23 heavy (non-hydrogen) atoms. The SMILES string of the molecule is CC(NC(=O)C1(n2cccn2)CCNCC1)C1CCOCC1.Cl. The van der Waals surface area contributed by atoms with Crippen molar-refractivity contribution in [1.82, 2.24) is 20.4 Å². The number of nitrogens with zero attached hydrogens (tertiary/aromatic N) is 2. The Labute approximate surface area is 143 Å². The van der Waals surface area contributed by atoms with E-state index in [-0.39, 0.29) is 24.4 Å². The van der Waals surface area contributed by atoms with E-state index in [0.717, 1.165) is 52.0 Å². The average molecular weight is 343 g/mol. The molecule has 1 unspecified atom stereocenters. The van der Waals surface area contributed by atoms with Crippen molar-refractivity contribution in [2.24, 2.45) is 5.92 Å². The Kier molecular flexibility index (Phi) is 6.44. The van der Waals surface area contributed by atoms with Gasteiger partial charge in [0.1, 0.15) is 5.54 Å². The highest BCUT2D eigenvalue weighted by atomic mass is 35.5. The zero-order valence-corrected chi connectivity index (χ0v) is 14.5. The van der Waals surface area contributed by atoms with Gasteiger partial charge in [0.2, 0.25) is 5.91 Å². The first-order valence-electron chi connectivity index (χ1n) is 8.32. The molecule has 0 spiro atoms. The lowest BCUT2D eigenvalue weighted by Gasteiger charge is -2.38. The first-order valence-corrected chi connectivity index (χ1v) is 8.32. The Hall–Kier alpha value is -1.11. The van der Waals surface area contributed by atoms with Gasteiger partial charge < -0.3 is 15.4 Å². The van der Waals surface area contributed by atoms with Gasteiger partial charge in [-0.25, -0.2) is 0 Å². The molecule has 1 atom stereocenters. The highest BCUT2D eigenvalue weighted by molar-refractivity contribution is 5.85. The number of nitrogens with one attached hydrogen (secondary N) is 2. The highest BCUT2D eigenvalue weighted by Gasteiger charge is 2.42. The Balaban J connectivity index is 0.00000192. The second-order valence-electron chi connectivity index (χ2n) is 6.44. The topological polar surface area (TPSA) is 68.2 Å². The third-order valence-corrected chi connectivity index (χ3v) is 5.13. The summed E-state index contributed by atoms with van der Waals surface area (Å²) in [7, 11) is 0. The molecule has 0 aromatic carbocycles. The molecule has 0 saturated carbocycles. The number of ether oxygens (including phenoxy) is 1. The molecule has 2 aliphatic rings. The average Bonchev–Trinajstić information content (AvgIpc) is 3.11. The number of amides is 1. The standard InChI is InChI=1S/C16H26N4O2.ClH/c1-13(14-3-11-22-12-4-14)19-15(21)16(5-8-17-9-6-16)20-10-2-7-18-20;/h2,7,10,13-14,17H,3-6,8-9,11-12H2,1H3,(H,19,21);1H. The van der Waals surface area contributed by atoms with Crippen LogP contribution in [0.1, 0.15) is 32.6 Å². The molecule has 2 aliphatic heterocycles. The van der Waals surface area contributed by atoms with E-state index in [1.165, 1.54) is 0 Å². The Morgan fingerprint density at radius 1 is 1.39 bits per heavy atom. The fourth-order valence-corrected chi connectivity index (χ4v) is 3.60. The van der Waals surface area contributed by atoms with Gasteiger partial charge in [0.15, 0.2) is 0 Å². The van der Waals surface area contributed by atoms with Crippen molar-refractivity contribution in [1.29, 1.82) is 0 Å². The summed E-state index contributed by atoms with van der Waals surface area (Å²) in [5, 5.41) is 11.0. The summed E-state index contributed by atoms with van der Waals surface area (Å²) in [5.74, 6) is 0.616. The van der Waals surface area contributed by atoms with Crippen LogP contribution in [-0.4, -0.2) is 48.0 Å². The smallest absolute Gasteiger partial charge is 0.248 e. The van der Waals surface area contributed by atoms with E-state index in [9.17, 15) is 4.79 Å². The van der Waals surface area contributed by atoms with Gasteiger partial charge in [0.25, 0.3) is 0 Å². The van der Waals surface area contributed by atoms with Crippen molar-refractivity contribution in [3.8, 4) is 0 Å². The van der Waals surface area contributed by atoms with Crippen LogP contribution in [0.2, 0.25) is 0 Å². The van der Waals surface area contributed by atoms with E-state index in [0.29, 0.717) is 5.92 Å². The lowest BCUT2D eigenvalue weighted by Crippen LogP contribution is -2.57. The van der Waals surface area contributed by atoms with Crippen molar-refractivity contribution in [2.45, 2.75) is 44.2 Å². The van der Waals surface area contributed by atoms with Crippen molar-refractivity contribution in [3.63, 3.8) is 0 Å². The first-order chi connectivity index (χ1) is 10.7. The van der Waals surface area contributed by atoms with Crippen LogP contribution in [0, 0.1) is 5.92 Å². The molecule has 3 heterocycles. The van der Waals surface area contributed by atoms with Crippen LogP contribution in [-0.2, 0) is 15.1 Å². The van der Waals surface area contributed by atoms with Gasteiger partial charge in [0, 0.05) is 31.6 Å². The molecule has 1 amide bonds. The van der Waals surface area contributed by atoms with Gasteiger partial charge in [-0.3, -0.25) is 9.48 Å². The molecular formula is C16H27ClN4O2. The zero-order valence-electron chi connectivity index (χ0n) is 13.7. The van der Waals surface area contributed by atoms with Crippen LogP contribution < -0.4 is 10.6 Å². The van der Waals surface area contributed by atoms with E-state index in [1.54, 1.807) is 6.20 Å². The quantitative estimate of drug-likeness (QED) is 0.866. The van der Waals surface area contributed by atoms with Gasteiger partial charge in [-0.2, -0.15) is 5.10 Å². The van der Waals surface area contributed by atoms with Gasteiger partial charge >= 0.3 is 0 Å². The third-order valence-electron chi connectivity index (χ3n) is 5.13. The third kappa shape index (κ3) is 3.87. The number of aromatic nitrogens is 2. The summed E-state index contributed by atoms with van der Waals surface area (Å²) in [6, 6.07) is 2.07. The van der Waals surface area contributed by atoms with Crippen molar-refractivity contribution in [3.05, 3.63) is 18.5 Å². The minimum absolute atomic E-state index is 0. The van der Waals surface area contributed by atoms with Crippen LogP contribution in [0.3, 0.4) is 0 Å². The number of carbonyl (C=O) groups excluding carboxylic acids is 1. The first kappa shape index (κ1) is 18.2. The second-order valence-corrected chi connectivity index (χ2v) is 6.44. The summed E-state index contributed by atoms with van der Waals surface area (Å²) >= 11 is 0. The lowest BCUT2D eigenvalue weighted by molar-refractivity contribution is -0.133. The Bertz CT molecular complexity index is 482. The van der Waals surface area contributed by atoms with E-state index >= 15 is 0 Å². The highest BCUT2D eigenvalue weighted by Crippen LogP contribution is 2.28. The molecule has 0 aliphatic carbocycles. The van der Waals surface area contributed by atoms with Crippen molar-refractivity contribution >= 4 is 18.3 Å². The Morgan fingerprint density at radius 2 is 2.09 bits per heavy atom. The molecular weight excluding hydrogens is 316 g/mol. The summed E-state index contributed by atoms with van der Waals surface area (Å²) in [5.41, 5.74) is -0.547.